The molecular formula is C12H11INOP. The Balaban J connectivity index is 2.47. The molecule has 2 aromatic rings. The van der Waals surface area contributed by atoms with Crippen LogP contribution in [0.4, 0.5) is 0 Å². The molecule has 0 spiro atoms. The van der Waals surface area contributed by atoms with Gasteiger partial charge in [-0.3, -0.25) is 0 Å². The van der Waals surface area contributed by atoms with Crippen molar-refractivity contribution < 1.29 is 4.57 Å². The number of rotatable bonds is 2. The third-order valence-corrected chi connectivity index (χ3v) is 5.63. The first-order valence-corrected chi connectivity index (χ1v) is 8.09. The number of benzene rings is 1. The molecule has 0 aliphatic heterocycles. The van der Waals surface area contributed by atoms with Gasteiger partial charge in [0.15, 0.2) is 0 Å². The smallest absolute Gasteiger partial charge is 0.141 e. The van der Waals surface area contributed by atoms with Gasteiger partial charge in [-0.2, -0.15) is 0 Å². The Labute approximate surface area is 109 Å². The lowest BCUT2D eigenvalue weighted by Crippen LogP contribution is -2.15. The molecule has 4 heteroatoms. The molecule has 1 aromatic carbocycles. The van der Waals surface area contributed by atoms with Crippen LogP contribution in [0, 0.1) is 3.70 Å². The maximum absolute atomic E-state index is 12.7. The molecule has 16 heavy (non-hydrogen) atoms. The molecule has 2 nitrogen and oxygen atoms in total. The molecule has 1 unspecified atom stereocenters. The maximum atomic E-state index is 12.7. The SMILES string of the molecule is CP(=O)(c1ccccc1)c1ccc(I)nc1. The third-order valence-electron chi connectivity index (χ3n) is 2.45. The molecule has 1 atom stereocenters. The van der Waals surface area contributed by atoms with Crippen LogP contribution in [0.15, 0.2) is 48.7 Å². The van der Waals surface area contributed by atoms with Gasteiger partial charge in [-0.25, -0.2) is 4.98 Å². The summed E-state index contributed by atoms with van der Waals surface area (Å²) in [4.78, 5) is 4.19. The fraction of sp³-hybridized carbons (Fsp3) is 0.0833. The maximum Gasteiger partial charge on any atom is 0.141 e. The molecule has 0 amide bonds. The Morgan fingerprint density at radius 3 is 2.31 bits per heavy atom. The van der Waals surface area contributed by atoms with Crippen molar-refractivity contribution in [1.29, 1.82) is 0 Å². The van der Waals surface area contributed by atoms with Gasteiger partial charge in [0.1, 0.15) is 10.8 Å². The molecule has 1 heterocycles. The molecule has 82 valence electrons. The normalized spacial score (nSPS) is 14.4. The molecule has 0 saturated heterocycles. The van der Waals surface area contributed by atoms with Crippen LogP contribution in [0.1, 0.15) is 0 Å². The van der Waals surface area contributed by atoms with Crippen molar-refractivity contribution in [3.05, 3.63) is 52.4 Å². The van der Waals surface area contributed by atoms with E-state index < -0.39 is 7.14 Å². The largest absolute Gasteiger partial charge is 0.314 e. The molecule has 0 fully saturated rings. The second-order valence-corrected chi connectivity index (χ2v) is 7.59. The van der Waals surface area contributed by atoms with Crippen molar-refractivity contribution in [3.63, 3.8) is 0 Å². The predicted octanol–water partition coefficient (Wildman–Crippen LogP) is 2.63. The Kier molecular flexibility index (Phi) is 3.45. The van der Waals surface area contributed by atoms with Crippen LogP contribution < -0.4 is 10.6 Å². The van der Waals surface area contributed by atoms with Crippen molar-refractivity contribution in [2.45, 2.75) is 0 Å². The minimum Gasteiger partial charge on any atom is -0.314 e. The molecule has 2 rings (SSSR count). The number of hydrogen-bond acceptors (Lipinski definition) is 2. The minimum atomic E-state index is -2.48. The zero-order chi connectivity index (χ0) is 11.6. The van der Waals surface area contributed by atoms with Crippen molar-refractivity contribution in [2.24, 2.45) is 0 Å². The van der Waals surface area contributed by atoms with Gasteiger partial charge in [0.2, 0.25) is 0 Å². The molecule has 0 aliphatic carbocycles. The van der Waals surface area contributed by atoms with E-state index in [2.05, 4.69) is 27.6 Å². The molecular weight excluding hydrogens is 332 g/mol. The average molecular weight is 343 g/mol. The van der Waals surface area contributed by atoms with Gasteiger partial charge in [0, 0.05) is 16.8 Å². The fourth-order valence-corrected chi connectivity index (χ4v) is 3.48. The Bertz CT molecular complexity index is 524. The standard InChI is InChI=1S/C12H11INOP/c1-16(15,10-5-3-2-4-6-10)11-7-8-12(13)14-9-11/h2-9H,1H3. The second-order valence-electron chi connectivity index (χ2n) is 3.60. The average Bonchev–Trinajstić information content (AvgIpc) is 2.31. The van der Waals surface area contributed by atoms with Gasteiger partial charge >= 0.3 is 0 Å². The highest BCUT2D eigenvalue weighted by Crippen LogP contribution is 2.38. The summed E-state index contributed by atoms with van der Waals surface area (Å²) in [7, 11) is -2.48. The van der Waals surface area contributed by atoms with E-state index in [1.807, 2.05) is 42.5 Å². The van der Waals surface area contributed by atoms with E-state index in [0.717, 1.165) is 14.3 Å². The van der Waals surface area contributed by atoms with E-state index in [4.69, 9.17) is 0 Å². The van der Waals surface area contributed by atoms with E-state index in [1.54, 1.807) is 12.9 Å². The summed E-state index contributed by atoms with van der Waals surface area (Å²) in [6.07, 6.45) is 1.70. The first kappa shape index (κ1) is 11.8. The molecule has 0 aliphatic rings. The lowest BCUT2D eigenvalue weighted by atomic mass is 10.4. The van der Waals surface area contributed by atoms with E-state index in [9.17, 15) is 4.57 Å². The number of halogens is 1. The number of aromatic nitrogens is 1. The van der Waals surface area contributed by atoms with Crippen molar-refractivity contribution in [3.8, 4) is 0 Å². The van der Waals surface area contributed by atoms with Crippen LogP contribution in [0.25, 0.3) is 0 Å². The number of pyridine rings is 1. The van der Waals surface area contributed by atoms with E-state index in [1.165, 1.54) is 0 Å². The number of hydrogen-bond donors (Lipinski definition) is 0. The fourth-order valence-electron chi connectivity index (χ4n) is 1.48. The molecule has 0 radical (unpaired) electrons. The van der Waals surface area contributed by atoms with Gasteiger partial charge in [0.25, 0.3) is 0 Å². The Morgan fingerprint density at radius 1 is 1.06 bits per heavy atom. The Morgan fingerprint density at radius 2 is 1.75 bits per heavy atom. The highest BCUT2D eigenvalue weighted by molar-refractivity contribution is 14.1. The summed E-state index contributed by atoms with van der Waals surface area (Å²) >= 11 is 2.14. The second kappa shape index (κ2) is 4.68. The van der Waals surface area contributed by atoms with Crippen LogP contribution >= 0.6 is 29.7 Å². The van der Waals surface area contributed by atoms with Gasteiger partial charge in [0.05, 0.1) is 0 Å². The van der Waals surface area contributed by atoms with Crippen molar-refractivity contribution in [1.82, 2.24) is 4.98 Å². The van der Waals surface area contributed by atoms with E-state index in [-0.39, 0.29) is 0 Å². The van der Waals surface area contributed by atoms with Crippen LogP contribution in [0.5, 0.6) is 0 Å². The lowest BCUT2D eigenvalue weighted by molar-refractivity contribution is 0.590. The van der Waals surface area contributed by atoms with Crippen LogP contribution in [0.3, 0.4) is 0 Å². The van der Waals surface area contributed by atoms with Crippen LogP contribution in [-0.4, -0.2) is 11.6 Å². The summed E-state index contributed by atoms with van der Waals surface area (Å²) in [5, 5.41) is 1.68. The number of nitrogens with zero attached hydrogens (tertiary/aromatic N) is 1. The first-order valence-electron chi connectivity index (χ1n) is 4.86. The Hall–Kier alpha value is -0.670. The summed E-state index contributed by atoms with van der Waals surface area (Å²) in [6, 6.07) is 13.3. The highest BCUT2D eigenvalue weighted by atomic mass is 127. The van der Waals surface area contributed by atoms with Gasteiger partial charge < -0.3 is 4.57 Å². The molecule has 0 N–H and O–H groups in total. The van der Waals surface area contributed by atoms with Crippen molar-refractivity contribution >= 4 is 40.3 Å². The topological polar surface area (TPSA) is 30.0 Å². The minimum absolute atomic E-state index is 0.805. The van der Waals surface area contributed by atoms with Crippen LogP contribution in [0.2, 0.25) is 0 Å². The summed E-state index contributed by atoms with van der Waals surface area (Å²) < 4.78 is 13.6. The first-order chi connectivity index (χ1) is 7.60. The molecule has 0 saturated carbocycles. The van der Waals surface area contributed by atoms with Gasteiger partial charge in [-0.05, 0) is 41.4 Å². The molecule has 1 aromatic heterocycles. The van der Waals surface area contributed by atoms with Crippen LogP contribution in [-0.2, 0) is 4.57 Å². The summed E-state index contributed by atoms with van der Waals surface area (Å²) in [5.41, 5.74) is 0. The lowest BCUT2D eigenvalue weighted by Gasteiger charge is -2.13. The zero-order valence-electron chi connectivity index (χ0n) is 8.80. The van der Waals surface area contributed by atoms with Gasteiger partial charge in [-0.15, -0.1) is 0 Å². The highest BCUT2D eigenvalue weighted by Gasteiger charge is 2.20. The van der Waals surface area contributed by atoms with Gasteiger partial charge in [-0.1, -0.05) is 30.3 Å². The monoisotopic (exact) mass is 343 g/mol. The quantitative estimate of drug-likeness (QED) is 0.477. The predicted molar refractivity (Wildman–Crippen MR) is 76.2 cm³/mol. The van der Waals surface area contributed by atoms with E-state index in [0.29, 0.717) is 0 Å². The van der Waals surface area contributed by atoms with Crippen molar-refractivity contribution in [2.75, 3.05) is 6.66 Å². The summed E-state index contributed by atoms with van der Waals surface area (Å²) in [6.45, 7) is 1.78. The molecule has 0 bridgehead atoms. The zero-order valence-corrected chi connectivity index (χ0v) is 11.9. The third kappa shape index (κ3) is 2.36. The summed E-state index contributed by atoms with van der Waals surface area (Å²) in [5.74, 6) is 0. The van der Waals surface area contributed by atoms with E-state index >= 15 is 0 Å².